The van der Waals surface area contributed by atoms with Crippen LogP contribution >= 0.6 is 0 Å². The lowest BCUT2D eigenvalue weighted by Crippen LogP contribution is -2.30. The van der Waals surface area contributed by atoms with Gasteiger partial charge in [0.05, 0.1) is 12.7 Å². The Hall–Kier alpha value is -0.770. The standard InChI is InChI=1S/C8H15NO3/c1-2-5-12-8(11)9-4-3-7(10)6-9/h7,10H,2-6H2,1H3. The van der Waals surface area contributed by atoms with E-state index in [1.165, 1.54) is 0 Å². The Kier molecular flexibility index (Phi) is 3.34. The Bertz CT molecular complexity index is 160. The van der Waals surface area contributed by atoms with E-state index < -0.39 is 0 Å². The lowest BCUT2D eigenvalue weighted by atomic mass is 10.3. The quantitative estimate of drug-likeness (QED) is 0.665. The van der Waals surface area contributed by atoms with Gasteiger partial charge in [0, 0.05) is 13.1 Å². The first-order valence-corrected chi connectivity index (χ1v) is 4.33. The molecule has 70 valence electrons. The topological polar surface area (TPSA) is 49.8 Å². The van der Waals surface area contributed by atoms with Gasteiger partial charge in [-0.3, -0.25) is 0 Å². The number of hydrogen-bond donors (Lipinski definition) is 1. The average Bonchev–Trinajstić information content (AvgIpc) is 2.47. The van der Waals surface area contributed by atoms with Gasteiger partial charge in [-0.15, -0.1) is 0 Å². The zero-order valence-corrected chi connectivity index (χ0v) is 7.32. The molecule has 12 heavy (non-hydrogen) atoms. The first kappa shape index (κ1) is 9.32. The van der Waals surface area contributed by atoms with Crippen molar-refractivity contribution in [2.75, 3.05) is 19.7 Å². The van der Waals surface area contributed by atoms with Gasteiger partial charge in [-0.2, -0.15) is 0 Å². The van der Waals surface area contributed by atoms with Gasteiger partial charge in [-0.05, 0) is 12.8 Å². The van der Waals surface area contributed by atoms with Crippen molar-refractivity contribution in [1.82, 2.24) is 4.90 Å². The van der Waals surface area contributed by atoms with E-state index in [1.54, 1.807) is 4.90 Å². The van der Waals surface area contributed by atoms with Crippen molar-refractivity contribution in [3.05, 3.63) is 0 Å². The molecule has 1 heterocycles. The Balaban J connectivity index is 2.23. The summed E-state index contributed by atoms with van der Waals surface area (Å²) in [5, 5.41) is 9.12. The van der Waals surface area contributed by atoms with Gasteiger partial charge >= 0.3 is 6.09 Å². The maximum atomic E-state index is 11.1. The molecule has 1 N–H and O–H groups in total. The molecule has 1 unspecified atom stereocenters. The molecule has 1 rings (SSSR count). The zero-order valence-electron chi connectivity index (χ0n) is 7.32. The third-order valence-electron chi connectivity index (χ3n) is 1.85. The molecule has 0 aliphatic carbocycles. The summed E-state index contributed by atoms with van der Waals surface area (Å²) in [7, 11) is 0. The van der Waals surface area contributed by atoms with E-state index in [9.17, 15) is 4.79 Å². The van der Waals surface area contributed by atoms with Gasteiger partial charge in [-0.1, -0.05) is 6.92 Å². The highest BCUT2D eigenvalue weighted by atomic mass is 16.6. The van der Waals surface area contributed by atoms with E-state index in [0.29, 0.717) is 26.1 Å². The Labute approximate surface area is 72.1 Å². The number of likely N-dealkylation sites (tertiary alicyclic amines) is 1. The van der Waals surface area contributed by atoms with Crippen LogP contribution in [0.25, 0.3) is 0 Å². The molecule has 0 aromatic heterocycles. The molecule has 4 nitrogen and oxygen atoms in total. The molecule has 0 spiro atoms. The fraction of sp³-hybridized carbons (Fsp3) is 0.875. The van der Waals surface area contributed by atoms with Crippen LogP contribution in [0, 0.1) is 0 Å². The minimum Gasteiger partial charge on any atom is -0.449 e. The molecule has 1 aliphatic heterocycles. The molecule has 1 atom stereocenters. The first-order valence-electron chi connectivity index (χ1n) is 4.33. The number of nitrogens with zero attached hydrogens (tertiary/aromatic N) is 1. The van der Waals surface area contributed by atoms with Crippen molar-refractivity contribution >= 4 is 6.09 Å². The van der Waals surface area contributed by atoms with Crippen LogP contribution in [0.3, 0.4) is 0 Å². The maximum absolute atomic E-state index is 11.1. The van der Waals surface area contributed by atoms with Crippen LogP contribution in [0.2, 0.25) is 0 Å². The van der Waals surface area contributed by atoms with Crippen LogP contribution in [0.15, 0.2) is 0 Å². The molecule has 0 bridgehead atoms. The molecule has 1 aliphatic rings. The second kappa shape index (κ2) is 4.30. The number of amides is 1. The second-order valence-electron chi connectivity index (χ2n) is 3.00. The highest BCUT2D eigenvalue weighted by molar-refractivity contribution is 5.67. The van der Waals surface area contributed by atoms with E-state index in [0.717, 1.165) is 6.42 Å². The summed E-state index contributed by atoms with van der Waals surface area (Å²) < 4.78 is 4.90. The normalized spacial score (nSPS) is 22.8. The first-order chi connectivity index (χ1) is 5.74. The summed E-state index contributed by atoms with van der Waals surface area (Å²) in [4.78, 5) is 12.7. The third-order valence-corrected chi connectivity index (χ3v) is 1.85. The van der Waals surface area contributed by atoms with E-state index >= 15 is 0 Å². The van der Waals surface area contributed by atoms with Crippen LogP contribution in [0.5, 0.6) is 0 Å². The molecular weight excluding hydrogens is 158 g/mol. The summed E-state index contributed by atoms with van der Waals surface area (Å²) in [6.07, 6.45) is 0.844. The number of β-amino-alcohol motifs (C(OH)–C–C–N with tert-alkyl or cyclic N) is 1. The molecule has 0 radical (unpaired) electrons. The van der Waals surface area contributed by atoms with Gasteiger partial charge in [0.25, 0.3) is 0 Å². The predicted octanol–water partition coefficient (Wildman–Crippen LogP) is 0.600. The van der Waals surface area contributed by atoms with Crippen molar-refractivity contribution in [1.29, 1.82) is 0 Å². The molecule has 4 heteroatoms. The van der Waals surface area contributed by atoms with E-state index in [1.807, 2.05) is 6.92 Å². The summed E-state index contributed by atoms with van der Waals surface area (Å²) in [6, 6.07) is 0. The number of carbonyl (C=O) groups excluding carboxylic acids is 1. The minimum atomic E-state index is -0.362. The van der Waals surface area contributed by atoms with E-state index in [4.69, 9.17) is 9.84 Å². The molecule has 1 amide bonds. The van der Waals surface area contributed by atoms with Crippen molar-refractivity contribution in [2.24, 2.45) is 0 Å². The smallest absolute Gasteiger partial charge is 0.409 e. The summed E-state index contributed by atoms with van der Waals surface area (Å²) >= 11 is 0. The molecule has 0 saturated carbocycles. The number of ether oxygens (including phenoxy) is 1. The van der Waals surface area contributed by atoms with Crippen LogP contribution in [-0.2, 0) is 4.74 Å². The molecule has 0 aromatic carbocycles. The lowest BCUT2D eigenvalue weighted by Gasteiger charge is -2.14. The fourth-order valence-corrected chi connectivity index (χ4v) is 1.19. The van der Waals surface area contributed by atoms with Gasteiger partial charge in [0.1, 0.15) is 0 Å². The van der Waals surface area contributed by atoms with Crippen LogP contribution in [0.1, 0.15) is 19.8 Å². The Morgan fingerprint density at radius 2 is 2.50 bits per heavy atom. The van der Waals surface area contributed by atoms with Gasteiger partial charge in [0.2, 0.25) is 0 Å². The number of rotatable bonds is 2. The largest absolute Gasteiger partial charge is 0.449 e. The predicted molar refractivity (Wildman–Crippen MR) is 43.8 cm³/mol. The molecular formula is C8H15NO3. The minimum absolute atomic E-state index is 0.298. The zero-order chi connectivity index (χ0) is 8.97. The van der Waals surface area contributed by atoms with Crippen LogP contribution < -0.4 is 0 Å². The van der Waals surface area contributed by atoms with Crippen molar-refractivity contribution in [2.45, 2.75) is 25.9 Å². The van der Waals surface area contributed by atoms with Crippen molar-refractivity contribution < 1.29 is 14.6 Å². The van der Waals surface area contributed by atoms with Crippen LogP contribution in [0.4, 0.5) is 4.79 Å². The highest BCUT2D eigenvalue weighted by Gasteiger charge is 2.25. The number of carbonyl (C=O) groups is 1. The van der Waals surface area contributed by atoms with E-state index in [-0.39, 0.29) is 12.2 Å². The fourth-order valence-electron chi connectivity index (χ4n) is 1.19. The SMILES string of the molecule is CCCOC(=O)N1CCC(O)C1. The summed E-state index contributed by atoms with van der Waals surface area (Å²) in [6.45, 7) is 3.45. The second-order valence-corrected chi connectivity index (χ2v) is 3.00. The van der Waals surface area contributed by atoms with Gasteiger partial charge in [0.15, 0.2) is 0 Å². The molecule has 1 saturated heterocycles. The Morgan fingerprint density at radius 3 is 3.00 bits per heavy atom. The average molecular weight is 173 g/mol. The number of hydrogen-bond acceptors (Lipinski definition) is 3. The number of aliphatic hydroxyl groups excluding tert-OH is 1. The van der Waals surface area contributed by atoms with E-state index in [2.05, 4.69) is 0 Å². The van der Waals surface area contributed by atoms with Crippen molar-refractivity contribution in [3.8, 4) is 0 Å². The number of aliphatic hydroxyl groups is 1. The molecule has 0 aromatic rings. The maximum Gasteiger partial charge on any atom is 0.409 e. The third kappa shape index (κ3) is 2.37. The lowest BCUT2D eigenvalue weighted by molar-refractivity contribution is 0.103. The van der Waals surface area contributed by atoms with Gasteiger partial charge in [-0.25, -0.2) is 4.79 Å². The summed E-state index contributed by atoms with van der Waals surface area (Å²) in [5.74, 6) is 0. The van der Waals surface area contributed by atoms with Crippen LogP contribution in [-0.4, -0.2) is 41.9 Å². The van der Waals surface area contributed by atoms with Crippen molar-refractivity contribution in [3.63, 3.8) is 0 Å². The highest BCUT2D eigenvalue weighted by Crippen LogP contribution is 2.09. The molecule has 1 fully saturated rings. The monoisotopic (exact) mass is 173 g/mol. The van der Waals surface area contributed by atoms with Gasteiger partial charge < -0.3 is 14.7 Å². The summed E-state index contributed by atoms with van der Waals surface area (Å²) in [5.41, 5.74) is 0. The Morgan fingerprint density at radius 1 is 1.75 bits per heavy atom.